The van der Waals surface area contributed by atoms with E-state index in [0.717, 1.165) is 0 Å². The normalized spacial score (nSPS) is 21.6. The molecule has 0 amide bonds. The van der Waals surface area contributed by atoms with E-state index in [0.29, 0.717) is 12.8 Å². The average molecular weight is 283 g/mol. The molecule has 1 heterocycles. The summed E-state index contributed by atoms with van der Waals surface area (Å²) in [6.45, 7) is 0. The van der Waals surface area contributed by atoms with Gasteiger partial charge in [0.1, 0.15) is 0 Å². The van der Waals surface area contributed by atoms with Crippen LogP contribution in [0.1, 0.15) is 28.2 Å². The van der Waals surface area contributed by atoms with Crippen molar-refractivity contribution in [2.45, 2.75) is 23.8 Å². The van der Waals surface area contributed by atoms with Gasteiger partial charge in [-0.3, -0.25) is 9.89 Å². The molecule has 1 N–H and O–H groups in total. The van der Waals surface area contributed by atoms with Gasteiger partial charge in [0.25, 0.3) is 0 Å². The maximum absolute atomic E-state index is 12.5. The van der Waals surface area contributed by atoms with Crippen molar-refractivity contribution in [3.05, 3.63) is 17.0 Å². The van der Waals surface area contributed by atoms with Gasteiger partial charge in [-0.1, -0.05) is 15.9 Å². The molecular weight excluding hydrogens is 277 g/mol. The van der Waals surface area contributed by atoms with Crippen molar-refractivity contribution in [1.82, 2.24) is 10.2 Å². The first-order valence-corrected chi connectivity index (χ1v) is 5.15. The van der Waals surface area contributed by atoms with E-state index in [-0.39, 0.29) is 11.3 Å². The second kappa shape index (κ2) is 3.33. The van der Waals surface area contributed by atoms with E-state index < -0.39 is 22.5 Å². The Morgan fingerprint density at radius 3 is 2.73 bits per heavy atom. The molecule has 2 rings (SSSR count). The van der Waals surface area contributed by atoms with Gasteiger partial charge in [-0.05, 0) is 12.8 Å². The zero-order valence-corrected chi connectivity index (χ0v) is 8.94. The lowest BCUT2D eigenvalue weighted by Gasteiger charge is -2.16. The summed E-state index contributed by atoms with van der Waals surface area (Å²) in [7, 11) is 0. The third-order valence-corrected chi connectivity index (χ3v) is 3.16. The highest BCUT2D eigenvalue weighted by atomic mass is 79.9. The topological polar surface area (TPSA) is 45.8 Å². The number of aryl methyl sites for hydroxylation is 1. The van der Waals surface area contributed by atoms with Crippen LogP contribution in [-0.4, -0.2) is 20.8 Å². The van der Waals surface area contributed by atoms with Crippen LogP contribution in [0.5, 0.6) is 0 Å². The van der Waals surface area contributed by atoms with Crippen molar-refractivity contribution < 1.29 is 18.0 Å². The van der Waals surface area contributed by atoms with Gasteiger partial charge in [-0.15, -0.1) is 0 Å². The molecule has 82 valence electrons. The Hall–Kier alpha value is -0.850. The first-order chi connectivity index (χ1) is 6.91. The van der Waals surface area contributed by atoms with Crippen molar-refractivity contribution in [2.24, 2.45) is 0 Å². The van der Waals surface area contributed by atoms with Gasteiger partial charge in [0.05, 0.1) is 10.4 Å². The van der Waals surface area contributed by atoms with Gasteiger partial charge in [-0.25, -0.2) is 0 Å². The quantitative estimate of drug-likeness (QED) is 0.743. The molecule has 0 spiro atoms. The monoisotopic (exact) mass is 282 g/mol. The fourth-order valence-corrected chi connectivity index (χ4v) is 2.05. The van der Waals surface area contributed by atoms with Crippen LogP contribution < -0.4 is 0 Å². The highest BCUT2D eigenvalue weighted by molar-refractivity contribution is 9.10. The predicted molar refractivity (Wildman–Crippen MR) is 49.0 cm³/mol. The second-order valence-corrected chi connectivity index (χ2v) is 4.40. The number of hydrogen-bond donors (Lipinski definition) is 1. The number of ketones is 1. The lowest BCUT2D eigenvalue weighted by Crippen LogP contribution is -2.24. The Kier molecular flexibility index (Phi) is 2.37. The number of Topliss-reactive ketones (excluding diaryl/α,β-unsaturated/α-hetero) is 1. The maximum atomic E-state index is 12.5. The van der Waals surface area contributed by atoms with Crippen LogP contribution in [0.4, 0.5) is 13.2 Å². The fourth-order valence-electron chi connectivity index (χ4n) is 1.59. The van der Waals surface area contributed by atoms with Crippen LogP contribution in [0.2, 0.25) is 0 Å². The summed E-state index contributed by atoms with van der Waals surface area (Å²) in [6, 6.07) is 0. The largest absolute Gasteiger partial charge is 0.435 e. The molecule has 7 heteroatoms. The van der Waals surface area contributed by atoms with Crippen molar-refractivity contribution in [3.8, 4) is 0 Å². The lowest BCUT2D eigenvalue weighted by atomic mass is 9.94. The summed E-state index contributed by atoms with van der Waals surface area (Å²) in [5.74, 6) is -0.544. The number of hydrogen-bond acceptors (Lipinski definition) is 2. The van der Waals surface area contributed by atoms with Gasteiger partial charge < -0.3 is 0 Å². The molecule has 1 unspecified atom stereocenters. The molecule has 0 saturated carbocycles. The molecule has 0 saturated heterocycles. The van der Waals surface area contributed by atoms with E-state index in [9.17, 15) is 18.0 Å². The molecule has 15 heavy (non-hydrogen) atoms. The number of nitrogens with one attached hydrogen (secondary N) is 1. The number of carbonyl (C=O) groups is 1. The summed E-state index contributed by atoms with van der Waals surface area (Å²) in [6.07, 6.45) is -3.69. The standard InChI is InChI=1S/C8H6BrF3N2O/c9-3-1-2-4-5(6(3)15)7(14-13-4)8(10,11)12/h3H,1-2H2,(H,13,14). The highest BCUT2D eigenvalue weighted by Gasteiger charge is 2.42. The Morgan fingerprint density at radius 2 is 2.13 bits per heavy atom. The minimum absolute atomic E-state index is 0.281. The first kappa shape index (κ1) is 10.7. The average Bonchev–Trinajstić information content (AvgIpc) is 2.54. The SMILES string of the molecule is O=C1c2c(C(F)(F)F)n[nH]c2CCC1Br. The van der Waals surface area contributed by atoms with Crippen LogP contribution in [0, 0.1) is 0 Å². The Bertz CT molecular complexity index is 413. The van der Waals surface area contributed by atoms with Gasteiger partial charge in [0.2, 0.25) is 0 Å². The number of aromatic nitrogens is 2. The molecule has 1 aromatic heterocycles. The number of carbonyl (C=O) groups excluding carboxylic acids is 1. The second-order valence-electron chi connectivity index (χ2n) is 3.29. The smallest absolute Gasteiger partial charge is 0.293 e. The van der Waals surface area contributed by atoms with Gasteiger partial charge in [0.15, 0.2) is 11.5 Å². The molecular formula is C8H6BrF3N2O. The molecule has 0 fully saturated rings. The van der Waals surface area contributed by atoms with E-state index in [1.165, 1.54) is 0 Å². The fraction of sp³-hybridized carbons (Fsp3) is 0.500. The van der Waals surface area contributed by atoms with E-state index in [4.69, 9.17) is 0 Å². The predicted octanol–water partition coefficient (Wildman–Crippen LogP) is 2.32. The molecule has 1 aliphatic rings. The van der Waals surface area contributed by atoms with Gasteiger partial charge in [-0.2, -0.15) is 18.3 Å². The molecule has 3 nitrogen and oxygen atoms in total. The zero-order valence-electron chi connectivity index (χ0n) is 7.36. The Labute approximate surface area is 91.2 Å². The van der Waals surface area contributed by atoms with Crippen LogP contribution in [-0.2, 0) is 12.6 Å². The number of nitrogens with zero attached hydrogens (tertiary/aromatic N) is 1. The number of rotatable bonds is 0. The number of H-pyrrole nitrogens is 1. The van der Waals surface area contributed by atoms with Gasteiger partial charge in [0, 0.05) is 5.69 Å². The molecule has 0 aromatic carbocycles. The Morgan fingerprint density at radius 1 is 1.47 bits per heavy atom. The van der Waals surface area contributed by atoms with Gasteiger partial charge >= 0.3 is 6.18 Å². The van der Waals surface area contributed by atoms with Crippen molar-refractivity contribution >= 4 is 21.7 Å². The minimum atomic E-state index is -4.58. The maximum Gasteiger partial charge on any atom is 0.435 e. The van der Waals surface area contributed by atoms with E-state index >= 15 is 0 Å². The van der Waals surface area contributed by atoms with Crippen LogP contribution in [0.25, 0.3) is 0 Å². The summed E-state index contributed by atoms with van der Waals surface area (Å²) in [5, 5.41) is 5.43. The molecule has 0 aliphatic heterocycles. The van der Waals surface area contributed by atoms with Crippen LogP contribution >= 0.6 is 15.9 Å². The van der Waals surface area contributed by atoms with Crippen LogP contribution in [0.3, 0.4) is 0 Å². The Balaban J connectivity index is 2.54. The van der Waals surface area contributed by atoms with Crippen molar-refractivity contribution in [2.75, 3.05) is 0 Å². The first-order valence-electron chi connectivity index (χ1n) is 4.24. The van der Waals surface area contributed by atoms with E-state index in [1.807, 2.05) is 0 Å². The molecule has 1 aliphatic carbocycles. The van der Waals surface area contributed by atoms with Crippen LogP contribution in [0.15, 0.2) is 0 Å². The number of alkyl halides is 4. The number of aromatic amines is 1. The summed E-state index contributed by atoms with van der Waals surface area (Å²) >= 11 is 3.05. The van der Waals surface area contributed by atoms with E-state index in [1.54, 1.807) is 0 Å². The zero-order chi connectivity index (χ0) is 11.2. The molecule has 0 bridgehead atoms. The third-order valence-electron chi connectivity index (χ3n) is 2.29. The summed E-state index contributed by atoms with van der Waals surface area (Å²) in [4.78, 5) is 11.0. The molecule has 1 atom stereocenters. The number of halogens is 4. The third kappa shape index (κ3) is 1.68. The summed E-state index contributed by atoms with van der Waals surface area (Å²) in [5.41, 5.74) is -1.13. The molecule has 0 radical (unpaired) electrons. The lowest BCUT2D eigenvalue weighted by molar-refractivity contribution is -0.141. The minimum Gasteiger partial charge on any atom is -0.293 e. The van der Waals surface area contributed by atoms with Crippen molar-refractivity contribution in [1.29, 1.82) is 0 Å². The molecule has 1 aromatic rings. The highest BCUT2D eigenvalue weighted by Crippen LogP contribution is 2.35. The van der Waals surface area contributed by atoms with E-state index in [2.05, 4.69) is 26.1 Å². The summed E-state index contributed by atoms with van der Waals surface area (Å²) < 4.78 is 37.4. The number of fused-ring (bicyclic) bond motifs is 1. The van der Waals surface area contributed by atoms with Crippen molar-refractivity contribution in [3.63, 3.8) is 0 Å².